The van der Waals surface area contributed by atoms with Gasteiger partial charge in [-0.1, -0.05) is 13.0 Å². The average Bonchev–Trinajstić information content (AvgIpc) is 2.19. The van der Waals surface area contributed by atoms with Crippen LogP contribution in [0.5, 0.6) is 0 Å². The van der Waals surface area contributed by atoms with Crippen LogP contribution in [-0.4, -0.2) is 11.1 Å². The third kappa shape index (κ3) is 2.89. The van der Waals surface area contributed by atoms with Crippen molar-refractivity contribution in [2.75, 3.05) is 0 Å². The SMILES string of the molecule is CCc1c(C=CC(=O)O)ccc(F)c1Br. The van der Waals surface area contributed by atoms with Gasteiger partial charge in [0.1, 0.15) is 5.82 Å². The molecule has 4 heteroatoms. The van der Waals surface area contributed by atoms with Crippen molar-refractivity contribution < 1.29 is 14.3 Å². The van der Waals surface area contributed by atoms with Crippen molar-refractivity contribution in [3.05, 3.63) is 39.6 Å². The van der Waals surface area contributed by atoms with E-state index in [1.165, 1.54) is 12.1 Å². The summed E-state index contributed by atoms with van der Waals surface area (Å²) in [6, 6.07) is 2.88. The van der Waals surface area contributed by atoms with E-state index in [1.807, 2.05) is 6.92 Å². The third-order valence-corrected chi connectivity index (χ3v) is 2.85. The van der Waals surface area contributed by atoms with Gasteiger partial charge in [-0.25, -0.2) is 9.18 Å². The molecule has 0 aliphatic carbocycles. The molecule has 0 unspecified atom stereocenters. The normalized spacial score (nSPS) is 10.9. The summed E-state index contributed by atoms with van der Waals surface area (Å²) in [4.78, 5) is 10.4. The lowest BCUT2D eigenvalue weighted by Crippen LogP contribution is -1.93. The molecule has 1 rings (SSSR count). The van der Waals surface area contributed by atoms with Crippen LogP contribution >= 0.6 is 15.9 Å². The molecule has 0 aliphatic rings. The zero-order chi connectivity index (χ0) is 11.4. The Kier molecular flexibility index (Phi) is 4.03. The van der Waals surface area contributed by atoms with E-state index in [4.69, 9.17) is 5.11 Å². The Bertz CT molecular complexity index is 413. The Hall–Kier alpha value is -1.16. The molecule has 0 heterocycles. The first kappa shape index (κ1) is 11.9. The maximum Gasteiger partial charge on any atom is 0.328 e. The molecule has 80 valence electrons. The predicted octanol–water partition coefficient (Wildman–Crippen LogP) is 3.25. The second-order valence-corrected chi connectivity index (χ2v) is 3.75. The molecule has 1 aromatic rings. The Morgan fingerprint density at radius 1 is 1.60 bits per heavy atom. The Balaban J connectivity index is 3.19. The van der Waals surface area contributed by atoms with Gasteiger partial charge in [-0.15, -0.1) is 0 Å². The fourth-order valence-corrected chi connectivity index (χ4v) is 1.93. The number of carbonyl (C=O) groups is 1. The number of halogens is 2. The maximum atomic E-state index is 13.2. The molecule has 0 aromatic heterocycles. The predicted molar refractivity (Wildman–Crippen MR) is 60.1 cm³/mol. The van der Waals surface area contributed by atoms with Crippen LogP contribution in [0, 0.1) is 5.82 Å². The molecule has 1 aromatic carbocycles. The highest BCUT2D eigenvalue weighted by Gasteiger charge is 2.07. The number of hydrogen-bond acceptors (Lipinski definition) is 1. The van der Waals surface area contributed by atoms with E-state index in [-0.39, 0.29) is 5.82 Å². The van der Waals surface area contributed by atoms with Gasteiger partial charge in [0.25, 0.3) is 0 Å². The quantitative estimate of drug-likeness (QED) is 0.858. The van der Waals surface area contributed by atoms with Crippen LogP contribution in [0.1, 0.15) is 18.1 Å². The average molecular weight is 273 g/mol. The van der Waals surface area contributed by atoms with Crippen LogP contribution in [0.25, 0.3) is 6.08 Å². The van der Waals surface area contributed by atoms with Crippen molar-refractivity contribution in [1.29, 1.82) is 0 Å². The number of carboxylic acid groups (broad SMARTS) is 1. The Labute approximate surface area is 95.6 Å². The molecule has 1 N–H and O–H groups in total. The van der Waals surface area contributed by atoms with Crippen LogP contribution < -0.4 is 0 Å². The summed E-state index contributed by atoms with van der Waals surface area (Å²) >= 11 is 3.14. The van der Waals surface area contributed by atoms with Gasteiger partial charge in [-0.2, -0.15) is 0 Å². The topological polar surface area (TPSA) is 37.3 Å². The van der Waals surface area contributed by atoms with Gasteiger partial charge in [0.15, 0.2) is 0 Å². The number of benzene rings is 1. The second-order valence-electron chi connectivity index (χ2n) is 2.95. The molecule has 2 nitrogen and oxygen atoms in total. The highest BCUT2D eigenvalue weighted by molar-refractivity contribution is 9.10. The van der Waals surface area contributed by atoms with Crippen molar-refractivity contribution >= 4 is 28.0 Å². The van der Waals surface area contributed by atoms with Crippen LogP contribution in [0.4, 0.5) is 4.39 Å². The smallest absolute Gasteiger partial charge is 0.328 e. The summed E-state index contributed by atoms with van der Waals surface area (Å²) in [5, 5.41) is 8.49. The molecule has 0 saturated carbocycles. The second kappa shape index (κ2) is 5.07. The van der Waals surface area contributed by atoms with Crippen LogP contribution in [0.3, 0.4) is 0 Å². The minimum atomic E-state index is -1.02. The lowest BCUT2D eigenvalue weighted by atomic mass is 10.0. The molecule has 0 aliphatic heterocycles. The highest BCUT2D eigenvalue weighted by atomic mass is 79.9. The maximum absolute atomic E-state index is 13.2. The molecule has 0 bridgehead atoms. The largest absolute Gasteiger partial charge is 0.478 e. The lowest BCUT2D eigenvalue weighted by molar-refractivity contribution is -0.131. The van der Waals surface area contributed by atoms with E-state index in [1.54, 1.807) is 6.07 Å². The van der Waals surface area contributed by atoms with Gasteiger partial charge in [0.2, 0.25) is 0 Å². The first-order chi connectivity index (χ1) is 7.06. The van der Waals surface area contributed by atoms with E-state index in [0.29, 0.717) is 16.5 Å². The highest BCUT2D eigenvalue weighted by Crippen LogP contribution is 2.25. The summed E-state index contributed by atoms with van der Waals surface area (Å²) in [7, 11) is 0. The Morgan fingerprint density at radius 3 is 2.80 bits per heavy atom. The first-order valence-electron chi connectivity index (χ1n) is 4.44. The summed E-state index contributed by atoms with van der Waals surface area (Å²) < 4.78 is 13.6. The van der Waals surface area contributed by atoms with Gasteiger partial charge >= 0.3 is 5.97 Å². The molecule has 0 atom stereocenters. The minimum Gasteiger partial charge on any atom is -0.478 e. The third-order valence-electron chi connectivity index (χ3n) is 1.99. The van der Waals surface area contributed by atoms with Crippen LogP contribution in [0.15, 0.2) is 22.7 Å². The number of carboxylic acids is 1. The molecule has 0 saturated heterocycles. The zero-order valence-electron chi connectivity index (χ0n) is 8.13. The van der Waals surface area contributed by atoms with E-state index < -0.39 is 5.97 Å². The molecule has 0 fully saturated rings. The fourth-order valence-electron chi connectivity index (χ4n) is 1.28. The molecular weight excluding hydrogens is 263 g/mol. The van der Waals surface area contributed by atoms with Crippen molar-refractivity contribution in [3.63, 3.8) is 0 Å². The first-order valence-corrected chi connectivity index (χ1v) is 5.23. The fraction of sp³-hybridized carbons (Fsp3) is 0.182. The number of hydrogen-bond donors (Lipinski definition) is 1. The van der Waals surface area contributed by atoms with Crippen molar-refractivity contribution in [2.24, 2.45) is 0 Å². The van der Waals surface area contributed by atoms with E-state index in [0.717, 1.165) is 11.6 Å². The van der Waals surface area contributed by atoms with Gasteiger partial charge in [-0.3, -0.25) is 0 Å². The van der Waals surface area contributed by atoms with Crippen molar-refractivity contribution in [3.8, 4) is 0 Å². The van der Waals surface area contributed by atoms with E-state index >= 15 is 0 Å². The van der Waals surface area contributed by atoms with E-state index in [9.17, 15) is 9.18 Å². The molecular formula is C11H10BrFO2. The van der Waals surface area contributed by atoms with E-state index in [2.05, 4.69) is 15.9 Å². The van der Waals surface area contributed by atoms with Crippen molar-refractivity contribution in [1.82, 2.24) is 0 Å². The zero-order valence-corrected chi connectivity index (χ0v) is 9.71. The lowest BCUT2D eigenvalue weighted by Gasteiger charge is -2.06. The molecule has 0 amide bonds. The molecule has 0 spiro atoms. The summed E-state index contributed by atoms with van der Waals surface area (Å²) in [5.74, 6) is -1.35. The summed E-state index contributed by atoms with van der Waals surface area (Å²) in [5.41, 5.74) is 1.49. The van der Waals surface area contributed by atoms with Crippen LogP contribution in [0.2, 0.25) is 0 Å². The van der Waals surface area contributed by atoms with Gasteiger partial charge < -0.3 is 5.11 Å². The van der Waals surface area contributed by atoms with Gasteiger partial charge in [-0.05, 0) is 45.6 Å². The summed E-state index contributed by atoms with van der Waals surface area (Å²) in [6.07, 6.45) is 3.14. The molecule has 0 radical (unpaired) electrons. The van der Waals surface area contributed by atoms with Crippen molar-refractivity contribution in [2.45, 2.75) is 13.3 Å². The molecule has 15 heavy (non-hydrogen) atoms. The van der Waals surface area contributed by atoms with Crippen LogP contribution in [-0.2, 0) is 11.2 Å². The van der Waals surface area contributed by atoms with Gasteiger partial charge in [0.05, 0.1) is 4.47 Å². The minimum absolute atomic E-state index is 0.334. The van der Waals surface area contributed by atoms with Gasteiger partial charge in [0, 0.05) is 6.08 Å². The Morgan fingerprint density at radius 2 is 2.27 bits per heavy atom. The standard InChI is InChI=1S/C11H10BrFO2/c1-2-8-7(4-6-10(14)15)3-5-9(13)11(8)12/h3-6H,2H2,1H3,(H,14,15). The summed E-state index contributed by atoms with van der Waals surface area (Å²) in [6.45, 7) is 1.89. The number of rotatable bonds is 3. The number of aliphatic carboxylic acids is 1. The monoisotopic (exact) mass is 272 g/mol.